The van der Waals surface area contributed by atoms with E-state index in [-0.39, 0.29) is 11.9 Å². The number of carbonyl (C=O) groups is 1. The minimum Gasteiger partial charge on any atom is -0.464 e. The van der Waals surface area contributed by atoms with Crippen LogP contribution >= 0.6 is 15.9 Å². The van der Waals surface area contributed by atoms with Crippen LogP contribution in [-0.2, 0) is 6.54 Å². The van der Waals surface area contributed by atoms with Gasteiger partial charge in [0.25, 0.3) is 5.91 Å². The Balaban J connectivity index is 1.60. The van der Waals surface area contributed by atoms with Gasteiger partial charge in [-0.3, -0.25) is 4.79 Å². The number of amides is 1. The summed E-state index contributed by atoms with van der Waals surface area (Å²) in [5, 5.41) is 1.12. The van der Waals surface area contributed by atoms with Crippen molar-refractivity contribution in [2.75, 3.05) is 0 Å². The number of nitrogens with zero attached hydrogens (tertiary/aromatic N) is 1. The van der Waals surface area contributed by atoms with Crippen LogP contribution in [0, 0.1) is 6.92 Å². The first kappa shape index (κ1) is 20.1. The molecule has 0 unspecified atom stereocenters. The van der Waals surface area contributed by atoms with Gasteiger partial charge in [0.2, 0.25) is 0 Å². The highest BCUT2D eigenvalue weighted by Crippen LogP contribution is 2.46. The highest BCUT2D eigenvalue weighted by Gasteiger charge is 2.40. The zero-order valence-corrected chi connectivity index (χ0v) is 19.6. The van der Waals surface area contributed by atoms with Crippen molar-refractivity contribution in [1.29, 1.82) is 0 Å². The van der Waals surface area contributed by atoms with Crippen molar-refractivity contribution in [2.24, 2.45) is 0 Å². The van der Waals surface area contributed by atoms with Crippen molar-refractivity contribution in [3.8, 4) is 11.3 Å². The van der Waals surface area contributed by atoms with E-state index in [0.717, 1.165) is 54.8 Å². The first-order valence-corrected chi connectivity index (χ1v) is 11.7. The monoisotopic (exact) mass is 496 g/mol. The average molecular weight is 497 g/mol. The van der Waals surface area contributed by atoms with Gasteiger partial charge in [0.05, 0.1) is 18.3 Å². The van der Waals surface area contributed by atoms with Crippen LogP contribution in [0.4, 0.5) is 0 Å². The van der Waals surface area contributed by atoms with Crippen LogP contribution < -0.4 is 0 Å². The van der Waals surface area contributed by atoms with Crippen LogP contribution in [0.5, 0.6) is 0 Å². The summed E-state index contributed by atoms with van der Waals surface area (Å²) in [7, 11) is 0. The molecular weight excluding hydrogens is 476 g/mol. The fraction of sp³-hybridized carbons (Fsp3) is 0.107. The van der Waals surface area contributed by atoms with Crippen LogP contribution in [0.25, 0.3) is 22.2 Å². The van der Waals surface area contributed by atoms with E-state index in [1.807, 2.05) is 66.4 Å². The number of fused-ring (bicyclic) bond motifs is 2. The van der Waals surface area contributed by atoms with Crippen molar-refractivity contribution < 1.29 is 9.21 Å². The number of furan rings is 1. The number of aromatic nitrogens is 1. The zero-order chi connectivity index (χ0) is 22.5. The Morgan fingerprint density at radius 2 is 1.70 bits per heavy atom. The highest BCUT2D eigenvalue weighted by atomic mass is 79.9. The molecule has 1 aliphatic rings. The first-order chi connectivity index (χ1) is 16.1. The second-order valence-corrected chi connectivity index (χ2v) is 9.32. The number of rotatable bonds is 4. The van der Waals surface area contributed by atoms with E-state index in [1.165, 1.54) is 0 Å². The van der Waals surface area contributed by atoms with E-state index >= 15 is 0 Å². The van der Waals surface area contributed by atoms with Gasteiger partial charge >= 0.3 is 0 Å². The molecule has 0 bridgehead atoms. The second kappa shape index (κ2) is 7.78. The predicted octanol–water partition coefficient (Wildman–Crippen LogP) is 7.24. The van der Waals surface area contributed by atoms with Gasteiger partial charge in [0.1, 0.15) is 11.5 Å². The van der Waals surface area contributed by atoms with Crippen LogP contribution in [0.1, 0.15) is 39.0 Å². The summed E-state index contributed by atoms with van der Waals surface area (Å²) < 4.78 is 6.89. The fourth-order valence-corrected chi connectivity index (χ4v) is 5.14. The van der Waals surface area contributed by atoms with Crippen LogP contribution in [-0.4, -0.2) is 15.8 Å². The molecule has 0 aliphatic carbocycles. The SMILES string of the molecule is Cc1ccc(CN2C(=O)c3ccccc3[C@@H]2c2c(-c3ccc(Br)cc3)[nH]c3ccccc23)o1. The van der Waals surface area contributed by atoms with Gasteiger partial charge in [-0.2, -0.15) is 0 Å². The number of aromatic amines is 1. The Hall–Kier alpha value is -3.57. The maximum atomic E-state index is 13.6. The van der Waals surface area contributed by atoms with Gasteiger partial charge < -0.3 is 14.3 Å². The van der Waals surface area contributed by atoms with Gasteiger partial charge in [0.15, 0.2) is 0 Å². The van der Waals surface area contributed by atoms with Gasteiger partial charge in [-0.05, 0) is 54.4 Å². The molecular formula is C28H21BrN2O2. The molecule has 1 aliphatic heterocycles. The normalized spacial score (nSPS) is 15.4. The maximum absolute atomic E-state index is 13.6. The van der Waals surface area contributed by atoms with E-state index in [2.05, 4.69) is 51.2 Å². The average Bonchev–Trinajstić information content (AvgIpc) is 3.49. The molecule has 2 aromatic heterocycles. The molecule has 1 amide bonds. The summed E-state index contributed by atoms with van der Waals surface area (Å²) >= 11 is 3.54. The summed E-state index contributed by atoms with van der Waals surface area (Å²) in [6, 6.07) is 28.2. The standard InChI is InChI=1S/C28H21BrN2O2/c1-17-10-15-20(33-17)16-31-27(21-6-2-3-7-22(21)28(31)32)25-23-8-4-5-9-24(23)30-26(25)18-11-13-19(29)14-12-18/h2-15,27,30H,16H2,1H3/t27-/m1/s1. The Kier molecular flexibility index (Phi) is 4.73. The molecule has 6 rings (SSSR count). The number of hydrogen-bond acceptors (Lipinski definition) is 2. The number of halogens is 1. The van der Waals surface area contributed by atoms with E-state index in [1.54, 1.807) is 0 Å². The summed E-state index contributed by atoms with van der Waals surface area (Å²) in [6.45, 7) is 2.33. The predicted molar refractivity (Wildman–Crippen MR) is 133 cm³/mol. The van der Waals surface area contributed by atoms with Crippen molar-refractivity contribution in [3.05, 3.63) is 118 Å². The lowest BCUT2D eigenvalue weighted by Crippen LogP contribution is -2.28. The molecule has 0 spiro atoms. The summed E-state index contributed by atoms with van der Waals surface area (Å²) in [6.07, 6.45) is 0. The molecule has 162 valence electrons. The quantitative estimate of drug-likeness (QED) is 0.285. The molecule has 5 heteroatoms. The van der Waals surface area contributed by atoms with Gasteiger partial charge in [-0.1, -0.05) is 64.5 Å². The number of para-hydroxylation sites is 1. The molecule has 33 heavy (non-hydrogen) atoms. The lowest BCUT2D eigenvalue weighted by molar-refractivity contribution is 0.0723. The highest BCUT2D eigenvalue weighted by molar-refractivity contribution is 9.10. The van der Waals surface area contributed by atoms with Crippen molar-refractivity contribution in [3.63, 3.8) is 0 Å². The van der Waals surface area contributed by atoms with E-state index in [4.69, 9.17) is 4.42 Å². The number of nitrogens with one attached hydrogen (secondary N) is 1. The van der Waals surface area contributed by atoms with Gasteiger partial charge in [0, 0.05) is 26.5 Å². The van der Waals surface area contributed by atoms with E-state index in [9.17, 15) is 4.79 Å². The van der Waals surface area contributed by atoms with Crippen LogP contribution in [0.2, 0.25) is 0 Å². The molecule has 0 fully saturated rings. The molecule has 3 heterocycles. The third-order valence-electron chi connectivity index (χ3n) is 6.33. The van der Waals surface area contributed by atoms with Gasteiger partial charge in [-0.25, -0.2) is 0 Å². The summed E-state index contributed by atoms with van der Waals surface area (Å²) in [5.41, 5.74) is 6.03. The molecule has 1 N–H and O–H groups in total. The lowest BCUT2D eigenvalue weighted by Gasteiger charge is -2.26. The Labute approximate surface area is 200 Å². The third kappa shape index (κ3) is 3.31. The third-order valence-corrected chi connectivity index (χ3v) is 6.86. The largest absolute Gasteiger partial charge is 0.464 e. The summed E-state index contributed by atoms with van der Waals surface area (Å²) in [5.74, 6) is 1.65. The first-order valence-electron chi connectivity index (χ1n) is 10.9. The molecule has 0 saturated heterocycles. The minimum atomic E-state index is -0.228. The van der Waals surface area contributed by atoms with Gasteiger partial charge in [-0.15, -0.1) is 0 Å². The summed E-state index contributed by atoms with van der Waals surface area (Å²) in [4.78, 5) is 19.2. The topological polar surface area (TPSA) is 49.2 Å². The number of hydrogen-bond donors (Lipinski definition) is 1. The van der Waals surface area contributed by atoms with Crippen molar-refractivity contribution in [2.45, 2.75) is 19.5 Å². The zero-order valence-electron chi connectivity index (χ0n) is 18.0. The Bertz CT molecular complexity index is 1500. The van der Waals surface area contributed by atoms with Crippen molar-refractivity contribution in [1.82, 2.24) is 9.88 Å². The molecule has 0 saturated carbocycles. The van der Waals surface area contributed by atoms with Crippen LogP contribution in [0.3, 0.4) is 0 Å². The molecule has 1 atom stereocenters. The van der Waals surface area contributed by atoms with E-state index in [0.29, 0.717) is 6.54 Å². The number of benzene rings is 3. The number of aryl methyl sites for hydroxylation is 1. The van der Waals surface area contributed by atoms with E-state index < -0.39 is 0 Å². The second-order valence-electron chi connectivity index (χ2n) is 8.40. The maximum Gasteiger partial charge on any atom is 0.255 e. The molecule has 5 aromatic rings. The lowest BCUT2D eigenvalue weighted by atomic mass is 9.93. The Morgan fingerprint density at radius 3 is 2.48 bits per heavy atom. The number of H-pyrrole nitrogens is 1. The minimum absolute atomic E-state index is 0.0247. The molecule has 3 aromatic carbocycles. The molecule has 4 nitrogen and oxygen atoms in total. The van der Waals surface area contributed by atoms with Crippen molar-refractivity contribution >= 4 is 32.7 Å². The fourth-order valence-electron chi connectivity index (χ4n) is 4.87. The van der Waals surface area contributed by atoms with Crippen LogP contribution in [0.15, 0.2) is 93.8 Å². The Morgan fingerprint density at radius 1 is 0.939 bits per heavy atom. The smallest absolute Gasteiger partial charge is 0.255 e. The molecule has 0 radical (unpaired) electrons. The number of carbonyl (C=O) groups excluding carboxylic acids is 1.